The van der Waals surface area contributed by atoms with E-state index in [2.05, 4.69) is 5.32 Å². The van der Waals surface area contributed by atoms with Crippen LogP contribution in [0.1, 0.15) is 28.6 Å². The SMILES string of the molecule is CCOC(=O)c1ccc(-c2ccc(CNCc3ccc(F)cc3)o2)cc1.[Cl-]. The maximum absolute atomic E-state index is 12.9. The fraction of sp³-hybridized carbons (Fsp3) is 0.190. The Labute approximate surface area is 163 Å². The van der Waals surface area contributed by atoms with Crippen molar-refractivity contribution in [3.05, 3.63) is 83.4 Å². The number of furan rings is 1. The molecule has 1 aromatic heterocycles. The summed E-state index contributed by atoms with van der Waals surface area (Å²) in [6, 6.07) is 17.3. The monoisotopic (exact) mass is 388 g/mol. The van der Waals surface area contributed by atoms with Gasteiger partial charge in [0, 0.05) is 12.1 Å². The van der Waals surface area contributed by atoms with Gasteiger partial charge in [-0.25, -0.2) is 9.18 Å². The van der Waals surface area contributed by atoms with Gasteiger partial charge in [0.2, 0.25) is 0 Å². The standard InChI is InChI=1S/C21H20FNO3.ClH/c1-2-25-21(24)17-7-5-16(6-8-17)20-12-11-19(26-20)14-23-13-15-3-9-18(22)10-4-15;/h3-12,23H,2,13-14H2,1H3;1H/p-1. The summed E-state index contributed by atoms with van der Waals surface area (Å²) in [6.45, 7) is 3.33. The molecular weight excluding hydrogens is 369 g/mol. The summed E-state index contributed by atoms with van der Waals surface area (Å²) in [4.78, 5) is 11.7. The molecule has 2 aromatic carbocycles. The Bertz CT molecular complexity index is 860. The molecule has 27 heavy (non-hydrogen) atoms. The molecular formula is C21H20ClFNO3-. The van der Waals surface area contributed by atoms with Gasteiger partial charge in [0.05, 0.1) is 18.7 Å². The summed E-state index contributed by atoms with van der Waals surface area (Å²) < 4.78 is 23.7. The van der Waals surface area contributed by atoms with E-state index in [1.54, 1.807) is 31.2 Å². The third-order valence-corrected chi connectivity index (χ3v) is 3.88. The van der Waals surface area contributed by atoms with Gasteiger partial charge in [0.25, 0.3) is 0 Å². The molecule has 0 unspecified atom stereocenters. The Hall–Kier alpha value is -2.63. The van der Waals surface area contributed by atoms with E-state index in [1.165, 1.54) is 12.1 Å². The summed E-state index contributed by atoms with van der Waals surface area (Å²) in [7, 11) is 0. The Morgan fingerprint density at radius 2 is 1.70 bits per heavy atom. The maximum Gasteiger partial charge on any atom is 0.338 e. The molecule has 0 aliphatic heterocycles. The topological polar surface area (TPSA) is 51.5 Å². The van der Waals surface area contributed by atoms with Crippen molar-refractivity contribution in [1.82, 2.24) is 5.32 Å². The lowest BCUT2D eigenvalue weighted by atomic mass is 10.1. The van der Waals surface area contributed by atoms with Gasteiger partial charge >= 0.3 is 5.97 Å². The van der Waals surface area contributed by atoms with E-state index in [4.69, 9.17) is 9.15 Å². The van der Waals surface area contributed by atoms with Crippen LogP contribution in [0.25, 0.3) is 11.3 Å². The highest BCUT2D eigenvalue weighted by atomic mass is 35.5. The average molecular weight is 389 g/mol. The first-order valence-electron chi connectivity index (χ1n) is 8.47. The Morgan fingerprint density at radius 3 is 2.37 bits per heavy atom. The number of nitrogens with one attached hydrogen (secondary N) is 1. The van der Waals surface area contributed by atoms with Crippen LogP contribution in [0.3, 0.4) is 0 Å². The lowest BCUT2D eigenvalue weighted by molar-refractivity contribution is -0.0000244. The molecule has 0 fully saturated rings. The fourth-order valence-electron chi connectivity index (χ4n) is 2.55. The predicted octanol–water partition coefficient (Wildman–Crippen LogP) is 1.56. The Morgan fingerprint density at radius 1 is 1.00 bits per heavy atom. The predicted molar refractivity (Wildman–Crippen MR) is 97.0 cm³/mol. The second-order valence-corrected chi connectivity index (χ2v) is 5.79. The van der Waals surface area contributed by atoms with Crippen LogP contribution in [0.15, 0.2) is 65.1 Å². The van der Waals surface area contributed by atoms with E-state index in [0.29, 0.717) is 25.3 Å². The second-order valence-electron chi connectivity index (χ2n) is 5.79. The van der Waals surface area contributed by atoms with Crippen LogP contribution >= 0.6 is 0 Å². The minimum atomic E-state index is -0.329. The molecule has 3 aromatic rings. The zero-order chi connectivity index (χ0) is 18.4. The van der Waals surface area contributed by atoms with E-state index in [1.807, 2.05) is 24.3 Å². The molecule has 0 atom stereocenters. The number of halogens is 2. The van der Waals surface area contributed by atoms with Crippen molar-refractivity contribution in [2.24, 2.45) is 0 Å². The first kappa shape index (κ1) is 20.7. The quantitative estimate of drug-likeness (QED) is 0.624. The first-order valence-corrected chi connectivity index (χ1v) is 8.47. The van der Waals surface area contributed by atoms with Crippen molar-refractivity contribution in [1.29, 1.82) is 0 Å². The summed E-state index contributed by atoms with van der Waals surface area (Å²) in [5.41, 5.74) is 2.42. The summed E-state index contributed by atoms with van der Waals surface area (Å²) in [6.07, 6.45) is 0. The van der Waals surface area contributed by atoms with Crippen molar-refractivity contribution in [2.75, 3.05) is 6.61 Å². The second kappa shape index (κ2) is 9.90. The third kappa shape index (κ3) is 5.67. The highest BCUT2D eigenvalue weighted by molar-refractivity contribution is 5.89. The molecule has 0 bridgehead atoms. The molecule has 0 saturated carbocycles. The molecule has 0 radical (unpaired) electrons. The number of carbonyl (C=O) groups is 1. The Balaban J connectivity index is 0.00000261. The number of hydrogen-bond donors (Lipinski definition) is 1. The van der Waals surface area contributed by atoms with E-state index in [9.17, 15) is 9.18 Å². The van der Waals surface area contributed by atoms with Crippen LogP contribution in [-0.4, -0.2) is 12.6 Å². The lowest BCUT2D eigenvalue weighted by Crippen LogP contribution is -3.00. The molecule has 0 amide bonds. The van der Waals surface area contributed by atoms with E-state index in [-0.39, 0.29) is 24.2 Å². The van der Waals surface area contributed by atoms with Crippen LogP contribution in [0, 0.1) is 5.82 Å². The van der Waals surface area contributed by atoms with Crippen LogP contribution < -0.4 is 17.7 Å². The van der Waals surface area contributed by atoms with Gasteiger partial charge < -0.3 is 26.9 Å². The first-order chi connectivity index (χ1) is 12.7. The van der Waals surface area contributed by atoms with Crippen molar-refractivity contribution in [2.45, 2.75) is 20.0 Å². The van der Waals surface area contributed by atoms with Gasteiger partial charge in [-0.15, -0.1) is 0 Å². The van der Waals surface area contributed by atoms with Gasteiger partial charge in [-0.05, 0) is 48.9 Å². The normalized spacial score (nSPS) is 10.3. The molecule has 142 valence electrons. The minimum Gasteiger partial charge on any atom is -1.00 e. The number of ether oxygens (including phenoxy) is 1. The van der Waals surface area contributed by atoms with Gasteiger partial charge in [-0.1, -0.05) is 24.3 Å². The number of hydrogen-bond acceptors (Lipinski definition) is 4. The van der Waals surface area contributed by atoms with Crippen molar-refractivity contribution < 1.29 is 30.7 Å². The van der Waals surface area contributed by atoms with Crippen LogP contribution in [-0.2, 0) is 17.8 Å². The average Bonchev–Trinajstić information content (AvgIpc) is 3.13. The zero-order valence-electron chi connectivity index (χ0n) is 14.9. The smallest absolute Gasteiger partial charge is 0.338 e. The highest BCUT2D eigenvalue weighted by Gasteiger charge is 2.09. The number of carbonyl (C=O) groups excluding carboxylic acids is 1. The van der Waals surface area contributed by atoms with Crippen molar-refractivity contribution >= 4 is 5.97 Å². The minimum absolute atomic E-state index is 0. The van der Waals surface area contributed by atoms with Crippen LogP contribution in [0.4, 0.5) is 4.39 Å². The largest absolute Gasteiger partial charge is 1.00 e. The van der Waals surface area contributed by atoms with E-state index < -0.39 is 0 Å². The van der Waals surface area contributed by atoms with E-state index in [0.717, 1.165) is 22.6 Å². The van der Waals surface area contributed by atoms with Gasteiger partial charge in [0.1, 0.15) is 17.3 Å². The van der Waals surface area contributed by atoms with Crippen LogP contribution in [0.5, 0.6) is 0 Å². The molecule has 0 spiro atoms. The summed E-state index contributed by atoms with van der Waals surface area (Å²) >= 11 is 0. The summed E-state index contributed by atoms with van der Waals surface area (Å²) in [5.74, 6) is 0.971. The molecule has 6 heteroatoms. The fourth-order valence-corrected chi connectivity index (χ4v) is 2.55. The van der Waals surface area contributed by atoms with Gasteiger partial charge in [-0.3, -0.25) is 0 Å². The molecule has 0 saturated heterocycles. The lowest BCUT2D eigenvalue weighted by Gasteiger charge is -2.04. The molecule has 3 rings (SSSR count). The molecule has 4 nitrogen and oxygen atoms in total. The van der Waals surface area contributed by atoms with Crippen molar-refractivity contribution in [3.8, 4) is 11.3 Å². The number of benzene rings is 2. The third-order valence-electron chi connectivity index (χ3n) is 3.88. The Kier molecular flexibility index (Phi) is 7.58. The molecule has 0 aliphatic rings. The van der Waals surface area contributed by atoms with Crippen molar-refractivity contribution in [3.63, 3.8) is 0 Å². The maximum atomic E-state index is 12.9. The number of rotatable bonds is 7. The molecule has 1 N–H and O–H groups in total. The van der Waals surface area contributed by atoms with Crippen LogP contribution in [0.2, 0.25) is 0 Å². The van der Waals surface area contributed by atoms with E-state index >= 15 is 0 Å². The molecule has 1 heterocycles. The molecule has 0 aliphatic carbocycles. The van der Waals surface area contributed by atoms with Gasteiger partial charge in [-0.2, -0.15) is 0 Å². The number of esters is 1. The highest BCUT2D eigenvalue weighted by Crippen LogP contribution is 2.23. The van der Waals surface area contributed by atoms with Gasteiger partial charge in [0.15, 0.2) is 0 Å². The summed E-state index contributed by atoms with van der Waals surface area (Å²) in [5, 5.41) is 3.26. The zero-order valence-corrected chi connectivity index (χ0v) is 15.6.